The van der Waals surface area contributed by atoms with Gasteiger partial charge in [0, 0.05) is 38.8 Å². The molecule has 0 bridgehead atoms. The molecule has 1 aromatic rings. The van der Waals surface area contributed by atoms with E-state index in [1.807, 2.05) is 19.3 Å². The molecule has 0 aliphatic heterocycles. The summed E-state index contributed by atoms with van der Waals surface area (Å²) in [6, 6.07) is 2.43. The Balaban J connectivity index is 1.72. The lowest BCUT2D eigenvalue weighted by Gasteiger charge is -2.14. The predicted octanol–water partition coefficient (Wildman–Crippen LogP) is 0.0225. The molecule has 108 valence electrons. The van der Waals surface area contributed by atoms with E-state index in [9.17, 15) is 8.42 Å². The van der Waals surface area contributed by atoms with Crippen molar-refractivity contribution in [2.24, 2.45) is 7.05 Å². The van der Waals surface area contributed by atoms with Crippen LogP contribution in [0.2, 0.25) is 0 Å². The van der Waals surface area contributed by atoms with Crippen molar-refractivity contribution >= 4 is 10.0 Å². The van der Waals surface area contributed by atoms with Gasteiger partial charge in [-0.3, -0.25) is 4.68 Å². The Bertz CT molecular complexity index is 508. The van der Waals surface area contributed by atoms with Crippen molar-refractivity contribution in [2.75, 3.05) is 13.1 Å². The molecule has 1 saturated carbocycles. The quantitative estimate of drug-likeness (QED) is 0.706. The lowest BCUT2D eigenvalue weighted by atomic mass is 10.3. The molecule has 1 aliphatic rings. The maximum atomic E-state index is 12.0. The minimum atomic E-state index is -3.24. The summed E-state index contributed by atoms with van der Waals surface area (Å²) in [5.74, 6) is 0. The van der Waals surface area contributed by atoms with E-state index >= 15 is 0 Å². The summed E-state index contributed by atoms with van der Waals surface area (Å²) in [6.45, 7) is 2.65. The minimum absolute atomic E-state index is 0.396. The third kappa shape index (κ3) is 4.59. The van der Waals surface area contributed by atoms with Crippen molar-refractivity contribution in [1.82, 2.24) is 19.8 Å². The monoisotopic (exact) mass is 286 g/mol. The molecule has 1 heterocycles. The molecule has 2 N–H and O–H groups in total. The van der Waals surface area contributed by atoms with Crippen LogP contribution in [-0.2, 0) is 23.5 Å². The van der Waals surface area contributed by atoms with Gasteiger partial charge in [-0.15, -0.1) is 0 Å². The van der Waals surface area contributed by atoms with Crippen molar-refractivity contribution in [3.63, 3.8) is 0 Å². The molecule has 6 nitrogen and oxygen atoms in total. The first-order valence-corrected chi connectivity index (χ1v) is 8.22. The predicted molar refractivity (Wildman–Crippen MR) is 74.3 cm³/mol. The standard InChI is InChI=1S/C12H22N4O2S/c1-10(9-13-11-3-4-11)19(17,18)14-7-5-12-6-8-16(2)15-12/h6,8,10-11,13-14H,3-5,7,9H2,1-2H3. The number of sulfonamides is 1. The summed E-state index contributed by atoms with van der Waals surface area (Å²) in [5.41, 5.74) is 0.897. The maximum Gasteiger partial charge on any atom is 0.215 e. The van der Waals surface area contributed by atoms with Crippen LogP contribution in [0.25, 0.3) is 0 Å². The van der Waals surface area contributed by atoms with E-state index in [1.54, 1.807) is 11.6 Å². The van der Waals surface area contributed by atoms with Crippen LogP contribution in [0.15, 0.2) is 12.3 Å². The van der Waals surface area contributed by atoms with E-state index in [4.69, 9.17) is 0 Å². The number of aryl methyl sites for hydroxylation is 1. The Labute approximate surface area is 114 Å². The smallest absolute Gasteiger partial charge is 0.215 e. The van der Waals surface area contributed by atoms with Crippen LogP contribution < -0.4 is 10.0 Å². The van der Waals surface area contributed by atoms with E-state index in [0.29, 0.717) is 25.6 Å². The summed E-state index contributed by atoms with van der Waals surface area (Å²) in [4.78, 5) is 0. The van der Waals surface area contributed by atoms with Crippen LogP contribution in [0.3, 0.4) is 0 Å². The highest BCUT2D eigenvalue weighted by atomic mass is 32.2. The highest BCUT2D eigenvalue weighted by molar-refractivity contribution is 7.90. The van der Waals surface area contributed by atoms with Gasteiger partial charge in [-0.2, -0.15) is 5.10 Å². The molecule has 7 heteroatoms. The Morgan fingerprint density at radius 3 is 2.84 bits per heavy atom. The van der Waals surface area contributed by atoms with Crippen LogP contribution in [0, 0.1) is 0 Å². The third-order valence-electron chi connectivity index (χ3n) is 3.25. The van der Waals surface area contributed by atoms with Crippen molar-refractivity contribution in [2.45, 2.75) is 37.5 Å². The lowest BCUT2D eigenvalue weighted by molar-refractivity contribution is 0.557. The zero-order valence-corrected chi connectivity index (χ0v) is 12.3. The topological polar surface area (TPSA) is 76.0 Å². The molecule has 1 atom stereocenters. The highest BCUT2D eigenvalue weighted by Crippen LogP contribution is 2.18. The van der Waals surface area contributed by atoms with Crippen LogP contribution in [0.1, 0.15) is 25.5 Å². The molecular weight excluding hydrogens is 264 g/mol. The second-order valence-electron chi connectivity index (χ2n) is 5.16. The van der Waals surface area contributed by atoms with Crippen molar-refractivity contribution in [1.29, 1.82) is 0 Å². The number of hydrogen-bond acceptors (Lipinski definition) is 4. The fourth-order valence-electron chi connectivity index (χ4n) is 1.79. The van der Waals surface area contributed by atoms with E-state index in [2.05, 4.69) is 15.1 Å². The van der Waals surface area contributed by atoms with Crippen molar-refractivity contribution in [3.05, 3.63) is 18.0 Å². The molecule has 0 spiro atoms. The fourth-order valence-corrected chi connectivity index (χ4v) is 2.78. The Kier molecular flexibility index (Phi) is 4.59. The van der Waals surface area contributed by atoms with Gasteiger partial charge in [-0.05, 0) is 25.8 Å². The average Bonchev–Trinajstić information content (AvgIpc) is 3.09. The summed E-state index contributed by atoms with van der Waals surface area (Å²) < 4.78 is 28.3. The summed E-state index contributed by atoms with van der Waals surface area (Å²) in [7, 11) is -1.39. The van der Waals surface area contributed by atoms with E-state index in [0.717, 1.165) is 5.69 Å². The second-order valence-corrected chi connectivity index (χ2v) is 7.35. The minimum Gasteiger partial charge on any atom is -0.313 e. The van der Waals surface area contributed by atoms with Crippen LogP contribution in [0.5, 0.6) is 0 Å². The summed E-state index contributed by atoms with van der Waals surface area (Å²) in [6.07, 6.45) is 4.80. The molecule has 0 saturated heterocycles. The lowest BCUT2D eigenvalue weighted by Crippen LogP contribution is -2.40. The number of rotatable bonds is 8. The Morgan fingerprint density at radius 1 is 1.53 bits per heavy atom. The largest absolute Gasteiger partial charge is 0.313 e. The number of nitrogens with zero attached hydrogens (tertiary/aromatic N) is 2. The molecular formula is C12H22N4O2S. The van der Waals surface area contributed by atoms with Crippen LogP contribution in [-0.4, -0.2) is 42.6 Å². The van der Waals surface area contributed by atoms with Crippen molar-refractivity contribution < 1.29 is 8.42 Å². The highest BCUT2D eigenvalue weighted by Gasteiger charge is 2.25. The zero-order chi connectivity index (χ0) is 13.9. The molecule has 1 aromatic heterocycles. The number of nitrogens with one attached hydrogen (secondary N) is 2. The second kappa shape index (κ2) is 6.02. The first kappa shape index (κ1) is 14.5. The molecule has 1 unspecified atom stereocenters. The Hall–Kier alpha value is -0.920. The van der Waals surface area contributed by atoms with Gasteiger partial charge < -0.3 is 5.32 Å². The van der Waals surface area contributed by atoms with E-state index in [-0.39, 0.29) is 0 Å². The maximum absolute atomic E-state index is 12.0. The molecule has 1 aliphatic carbocycles. The van der Waals surface area contributed by atoms with Gasteiger partial charge in [0.15, 0.2) is 0 Å². The molecule has 19 heavy (non-hydrogen) atoms. The zero-order valence-electron chi connectivity index (χ0n) is 11.5. The van der Waals surface area contributed by atoms with Crippen molar-refractivity contribution in [3.8, 4) is 0 Å². The van der Waals surface area contributed by atoms with Gasteiger partial charge in [-0.1, -0.05) is 0 Å². The molecule has 0 radical (unpaired) electrons. The normalized spacial score (nSPS) is 17.6. The first-order chi connectivity index (χ1) is 8.97. The van der Waals surface area contributed by atoms with Gasteiger partial charge in [0.05, 0.1) is 10.9 Å². The van der Waals surface area contributed by atoms with E-state index < -0.39 is 15.3 Å². The van der Waals surface area contributed by atoms with Gasteiger partial charge in [-0.25, -0.2) is 13.1 Å². The third-order valence-corrected chi connectivity index (χ3v) is 5.09. The molecule has 0 amide bonds. The fraction of sp³-hybridized carbons (Fsp3) is 0.750. The number of aromatic nitrogens is 2. The van der Waals surface area contributed by atoms with Crippen LogP contribution in [0.4, 0.5) is 0 Å². The van der Waals surface area contributed by atoms with Gasteiger partial charge in [0.25, 0.3) is 0 Å². The van der Waals surface area contributed by atoms with Crippen LogP contribution >= 0.6 is 0 Å². The average molecular weight is 286 g/mol. The number of hydrogen-bond donors (Lipinski definition) is 2. The summed E-state index contributed by atoms with van der Waals surface area (Å²) >= 11 is 0. The van der Waals surface area contributed by atoms with E-state index in [1.165, 1.54) is 12.8 Å². The van der Waals surface area contributed by atoms with Gasteiger partial charge in [0.1, 0.15) is 0 Å². The van der Waals surface area contributed by atoms with Gasteiger partial charge >= 0.3 is 0 Å². The SMILES string of the molecule is CC(CNC1CC1)S(=O)(=O)NCCc1ccn(C)n1. The first-order valence-electron chi connectivity index (χ1n) is 6.68. The van der Waals surface area contributed by atoms with Gasteiger partial charge in [0.2, 0.25) is 10.0 Å². The molecule has 1 fully saturated rings. The summed E-state index contributed by atoms with van der Waals surface area (Å²) in [5, 5.41) is 7.05. The Morgan fingerprint density at radius 2 is 2.26 bits per heavy atom. The molecule has 0 aromatic carbocycles. The molecule has 2 rings (SSSR count).